The topological polar surface area (TPSA) is 184 Å². The summed E-state index contributed by atoms with van der Waals surface area (Å²) in [4.78, 5) is 33.9. The van der Waals surface area contributed by atoms with Crippen molar-refractivity contribution in [2.45, 2.75) is 19.6 Å². The van der Waals surface area contributed by atoms with Crippen molar-refractivity contribution >= 4 is 35.1 Å². The number of carboxylic acids is 2. The molecule has 0 saturated heterocycles. The number of carbonyl (C=O) groups is 3. The van der Waals surface area contributed by atoms with Gasteiger partial charge in [0.15, 0.2) is 11.5 Å². The van der Waals surface area contributed by atoms with Gasteiger partial charge in [0, 0.05) is 23.9 Å². The number of benzene rings is 4. The van der Waals surface area contributed by atoms with Gasteiger partial charge in [0.05, 0.1) is 12.7 Å². The van der Waals surface area contributed by atoms with Crippen LogP contribution in [-0.2, 0) is 16.2 Å². The first-order valence-electron chi connectivity index (χ1n) is 13.0. The average Bonchev–Trinajstić information content (AvgIpc) is 2.99. The predicted molar refractivity (Wildman–Crippen MR) is 163 cm³/mol. The molecule has 4 rings (SSSR count). The molecule has 11 heteroatoms. The molecule has 222 valence electrons. The highest BCUT2D eigenvalue weighted by Gasteiger charge is 2.23. The molecule has 0 bridgehead atoms. The molecule has 0 heterocycles. The van der Waals surface area contributed by atoms with E-state index in [2.05, 4.69) is 10.6 Å². The summed E-state index contributed by atoms with van der Waals surface area (Å²) in [7, 11) is 1.52. The number of carboxylic acid groups (broad SMARTS) is 2. The van der Waals surface area contributed by atoms with Crippen LogP contribution < -0.4 is 25.8 Å². The fourth-order valence-corrected chi connectivity index (χ4v) is 3.88. The highest BCUT2D eigenvalue weighted by Crippen LogP contribution is 2.33. The van der Waals surface area contributed by atoms with E-state index < -0.39 is 23.9 Å². The van der Waals surface area contributed by atoms with Gasteiger partial charge in [0.25, 0.3) is 11.9 Å². The van der Waals surface area contributed by atoms with Gasteiger partial charge in [0.1, 0.15) is 18.5 Å². The van der Waals surface area contributed by atoms with E-state index in [0.717, 1.165) is 12.5 Å². The average molecular weight is 585 g/mol. The maximum Gasteiger partial charge on any atom is 0.335 e. The summed E-state index contributed by atoms with van der Waals surface area (Å²) in [5, 5.41) is 30.3. The molecule has 1 amide bonds. The third-order valence-electron chi connectivity index (χ3n) is 5.90. The van der Waals surface area contributed by atoms with Crippen molar-refractivity contribution in [2.75, 3.05) is 17.7 Å². The highest BCUT2D eigenvalue weighted by molar-refractivity contribution is 5.99. The minimum Gasteiger partial charge on any atom is -0.493 e. The zero-order valence-corrected chi connectivity index (χ0v) is 23.5. The van der Waals surface area contributed by atoms with E-state index in [9.17, 15) is 14.7 Å². The third kappa shape index (κ3) is 9.64. The smallest absolute Gasteiger partial charge is 0.335 e. The number of methoxy groups -OCH3 is 1. The Bertz CT molecular complexity index is 1570. The summed E-state index contributed by atoms with van der Waals surface area (Å²) in [6.45, 7) is 1.43. The van der Waals surface area contributed by atoms with E-state index in [4.69, 9.17) is 30.5 Å². The number of ether oxygens (including phenoxy) is 2. The number of carbonyl (C=O) groups excluding carboxylic acids is 1. The Kier molecular flexibility index (Phi) is 11.2. The van der Waals surface area contributed by atoms with E-state index in [1.165, 1.54) is 19.2 Å². The molecule has 0 aliphatic rings. The largest absolute Gasteiger partial charge is 0.493 e. The number of hydrogen-bond acceptors (Lipinski definition) is 7. The number of rotatable bonds is 11. The molecule has 1 atom stereocenters. The number of amidine groups is 1. The highest BCUT2D eigenvalue weighted by atomic mass is 16.5. The zero-order chi connectivity index (χ0) is 31.4. The van der Waals surface area contributed by atoms with Crippen molar-refractivity contribution in [3.05, 3.63) is 119 Å². The van der Waals surface area contributed by atoms with Gasteiger partial charge in [-0.2, -0.15) is 0 Å². The van der Waals surface area contributed by atoms with Crippen LogP contribution >= 0.6 is 0 Å². The number of nitrogen functional groups attached to an aromatic ring is 1. The number of anilines is 2. The lowest BCUT2D eigenvalue weighted by Crippen LogP contribution is -2.27. The minimum absolute atomic E-state index is 0.0544. The van der Waals surface area contributed by atoms with Crippen molar-refractivity contribution in [3.63, 3.8) is 0 Å². The van der Waals surface area contributed by atoms with Gasteiger partial charge in [-0.25, -0.2) is 4.79 Å². The van der Waals surface area contributed by atoms with E-state index in [1.807, 2.05) is 30.3 Å². The summed E-state index contributed by atoms with van der Waals surface area (Å²) in [6, 6.07) is 26.9. The second-order valence-electron chi connectivity index (χ2n) is 9.15. The fourth-order valence-electron chi connectivity index (χ4n) is 3.88. The van der Waals surface area contributed by atoms with Gasteiger partial charge in [-0.05, 0) is 65.7 Å². The van der Waals surface area contributed by atoms with E-state index in [-0.39, 0.29) is 11.4 Å². The van der Waals surface area contributed by atoms with E-state index in [1.54, 1.807) is 54.6 Å². The lowest BCUT2D eigenvalue weighted by molar-refractivity contribution is -0.134. The molecule has 7 N–H and O–H groups in total. The molecular formula is C32H32N4O7. The van der Waals surface area contributed by atoms with Gasteiger partial charge in [-0.1, -0.05) is 42.5 Å². The first-order valence-corrected chi connectivity index (χ1v) is 13.0. The number of aliphatic carboxylic acids is 1. The summed E-state index contributed by atoms with van der Waals surface area (Å²) in [5.41, 5.74) is 8.71. The van der Waals surface area contributed by atoms with Crippen LogP contribution in [0.25, 0.3) is 0 Å². The summed E-state index contributed by atoms with van der Waals surface area (Å²) in [6.07, 6.45) is 0. The van der Waals surface area contributed by atoms with Crippen molar-refractivity contribution in [3.8, 4) is 11.5 Å². The van der Waals surface area contributed by atoms with Crippen LogP contribution in [0.3, 0.4) is 0 Å². The van der Waals surface area contributed by atoms with Crippen molar-refractivity contribution in [1.29, 1.82) is 5.41 Å². The minimum atomic E-state index is -1.10. The maximum absolute atomic E-state index is 13.5. The van der Waals surface area contributed by atoms with Gasteiger partial charge in [-0.3, -0.25) is 15.0 Å². The second-order valence-corrected chi connectivity index (χ2v) is 9.15. The normalized spacial score (nSPS) is 10.7. The van der Waals surface area contributed by atoms with Gasteiger partial charge in [0.2, 0.25) is 0 Å². The van der Waals surface area contributed by atoms with Crippen LogP contribution in [-0.4, -0.2) is 41.0 Å². The molecule has 11 nitrogen and oxygen atoms in total. The third-order valence-corrected chi connectivity index (χ3v) is 5.90. The second kappa shape index (κ2) is 15.2. The van der Waals surface area contributed by atoms with Crippen LogP contribution in [0.2, 0.25) is 0 Å². The number of nitrogens with two attached hydrogens (primary N) is 1. The monoisotopic (exact) mass is 584 g/mol. The lowest BCUT2D eigenvalue weighted by Gasteiger charge is -2.22. The Morgan fingerprint density at radius 1 is 0.837 bits per heavy atom. The maximum atomic E-state index is 13.5. The molecule has 43 heavy (non-hydrogen) atoms. The standard InChI is InChI=1S/C30H28N4O5.C2H4O2/c1-38-26-17-21(12-15-25(26)39-18-19-6-3-2-4-7-19)27(33-23-13-10-20(11-14-23)28(31)32)29(35)34-24-9-5-8-22(16-24)30(36)37;1-2(3)4/h2-17,27,33H,18H2,1H3,(H3,31,32)(H,34,35)(H,36,37);1H3,(H,3,4). The number of nitrogens with one attached hydrogen (secondary N) is 3. The Hall–Kier alpha value is -5.84. The number of aromatic carboxylic acids is 1. The Balaban J connectivity index is 0.00000119. The number of hydrogen-bond donors (Lipinski definition) is 6. The van der Waals surface area contributed by atoms with Crippen molar-refractivity contribution in [1.82, 2.24) is 0 Å². The van der Waals surface area contributed by atoms with Gasteiger partial charge >= 0.3 is 5.97 Å². The number of amides is 1. The molecule has 0 spiro atoms. The molecular weight excluding hydrogens is 552 g/mol. The fraction of sp³-hybridized carbons (Fsp3) is 0.125. The van der Waals surface area contributed by atoms with Gasteiger partial charge < -0.3 is 36.1 Å². The van der Waals surface area contributed by atoms with Crippen molar-refractivity contribution < 1.29 is 34.1 Å². The van der Waals surface area contributed by atoms with Crippen LogP contribution in [0.5, 0.6) is 11.5 Å². The molecule has 0 fully saturated rings. The zero-order valence-electron chi connectivity index (χ0n) is 23.5. The Labute approximate surface area is 248 Å². The SMILES string of the molecule is CC(=O)O.COc1cc(C(Nc2ccc(C(=N)N)cc2)C(=O)Nc2cccc(C(=O)O)c2)ccc1OCc1ccccc1. The predicted octanol–water partition coefficient (Wildman–Crippen LogP) is 5.14. The van der Waals surface area contributed by atoms with Crippen LogP contribution in [0.1, 0.15) is 40.0 Å². The van der Waals surface area contributed by atoms with E-state index in [0.29, 0.717) is 40.6 Å². The first-order chi connectivity index (χ1) is 20.6. The summed E-state index contributed by atoms with van der Waals surface area (Å²) < 4.78 is 11.5. The first kappa shape index (κ1) is 31.7. The van der Waals surface area contributed by atoms with Crippen molar-refractivity contribution in [2.24, 2.45) is 5.73 Å². The Morgan fingerprint density at radius 3 is 2.12 bits per heavy atom. The molecule has 0 saturated carbocycles. The van der Waals surface area contributed by atoms with Gasteiger partial charge in [-0.15, -0.1) is 0 Å². The Morgan fingerprint density at radius 2 is 1.51 bits per heavy atom. The van der Waals surface area contributed by atoms with Crippen LogP contribution in [0, 0.1) is 5.41 Å². The molecule has 4 aromatic carbocycles. The molecule has 1 unspecified atom stereocenters. The molecule has 0 aliphatic heterocycles. The lowest BCUT2D eigenvalue weighted by atomic mass is 10.0. The molecule has 0 aliphatic carbocycles. The van der Waals surface area contributed by atoms with Crippen LogP contribution in [0.15, 0.2) is 97.1 Å². The molecule has 0 radical (unpaired) electrons. The molecule has 4 aromatic rings. The quantitative estimate of drug-likeness (QED) is 0.103. The molecule has 0 aromatic heterocycles. The summed E-state index contributed by atoms with van der Waals surface area (Å²) >= 11 is 0. The van der Waals surface area contributed by atoms with Crippen LogP contribution in [0.4, 0.5) is 11.4 Å². The van der Waals surface area contributed by atoms with E-state index >= 15 is 0 Å². The summed E-state index contributed by atoms with van der Waals surface area (Å²) in [5.74, 6) is -1.45.